The highest BCUT2D eigenvalue weighted by atomic mass is 19.1. The summed E-state index contributed by atoms with van der Waals surface area (Å²) in [7, 11) is 0. The van der Waals surface area contributed by atoms with E-state index in [1.807, 2.05) is 0 Å². The quantitative estimate of drug-likeness (QED) is 0.867. The molecule has 2 fully saturated rings. The number of morpholine rings is 1. The summed E-state index contributed by atoms with van der Waals surface area (Å²) in [5.41, 5.74) is 0.995. The fraction of sp³-hybridized carbons (Fsp3) is 0.444. The van der Waals surface area contributed by atoms with Crippen LogP contribution in [-0.4, -0.2) is 42.8 Å². The highest BCUT2D eigenvalue weighted by Gasteiger charge is 2.24. The molecule has 1 atom stereocenters. The molecule has 6 heteroatoms. The monoisotopic (exact) mass is 328 g/mol. The number of aromatic nitrogens is 2. The first-order valence-electron chi connectivity index (χ1n) is 8.48. The van der Waals surface area contributed by atoms with E-state index in [-0.39, 0.29) is 11.9 Å². The van der Waals surface area contributed by atoms with Crippen LogP contribution in [0.15, 0.2) is 36.7 Å². The fourth-order valence-electron chi connectivity index (χ4n) is 3.37. The molecule has 1 unspecified atom stereocenters. The normalized spacial score (nSPS) is 21.3. The van der Waals surface area contributed by atoms with E-state index in [1.54, 1.807) is 18.5 Å². The molecule has 126 valence electrons. The van der Waals surface area contributed by atoms with Gasteiger partial charge in [-0.25, -0.2) is 14.4 Å². The Morgan fingerprint density at radius 2 is 1.67 bits per heavy atom. The van der Waals surface area contributed by atoms with Gasteiger partial charge in [-0.3, -0.25) is 0 Å². The van der Waals surface area contributed by atoms with Crippen LogP contribution in [0.4, 0.5) is 16.0 Å². The third-order valence-electron chi connectivity index (χ3n) is 4.70. The molecule has 0 spiro atoms. The van der Waals surface area contributed by atoms with Gasteiger partial charge in [0.25, 0.3) is 0 Å². The number of nitrogens with zero attached hydrogens (tertiary/aromatic N) is 4. The third kappa shape index (κ3) is 3.19. The number of hydrogen-bond acceptors (Lipinski definition) is 5. The molecule has 3 heterocycles. The van der Waals surface area contributed by atoms with E-state index in [0.717, 1.165) is 36.8 Å². The molecular formula is C18H21FN4O. The minimum Gasteiger partial charge on any atom is -0.370 e. The van der Waals surface area contributed by atoms with Crippen LogP contribution in [0.3, 0.4) is 0 Å². The van der Waals surface area contributed by atoms with Gasteiger partial charge in [0.1, 0.15) is 29.9 Å². The molecule has 5 nitrogen and oxygen atoms in total. The van der Waals surface area contributed by atoms with Gasteiger partial charge in [0, 0.05) is 32.2 Å². The molecule has 24 heavy (non-hydrogen) atoms. The van der Waals surface area contributed by atoms with Crippen molar-refractivity contribution in [1.82, 2.24) is 9.97 Å². The van der Waals surface area contributed by atoms with Gasteiger partial charge < -0.3 is 14.5 Å². The molecule has 0 amide bonds. The molecule has 2 saturated heterocycles. The highest BCUT2D eigenvalue weighted by molar-refractivity contribution is 5.51. The van der Waals surface area contributed by atoms with Crippen LogP contribution in [0, 0.1) is 5.82 Å². The smallest absolute Gasteiger partial charge is 0.134 e. The lowest BCUT2D eigenvalue weighted by atomic mass is 10.1. The maximum absolute atomic E-state index is 13.1. The van der Waals surface area contributed by atoms with Gasteiger partial charge in [-0.1, -0.05) is 12.1 Å². The predicted octanol–water partition coefficient (Wildman–Crippen LogP) is 2.79. The molecule has 1 aromatic heterocycles. The average molecular weight is 328 g/mol. The van der Waals surface area contributed by atoms with Crippen LogP contribution in [0.5, 0.6) is 0 Å². The summed E-state index contributed by atoms with van der Waals surface area (Å²) >= 11 is 0. The van der Waals surface area contributed by atoms with Gasteiger partial charge in [-0.2, -0.15) is 0 Å². The summed E-state index contributed by atoms with van der Waals surface area (Å²) in [6.45, 7) is 4.27. The van der Waals surface area contributed by atoms with Crippen molar-refractivity contribution in [2.24, 2.45) is 0 Å². The fourth-order valence-corrected chi connectivity index (χ4v) is 3.37. The number of rotatable bonds is 3. The van der Waals surface area contributed by atoms with E-state index >= 15 is 0 Å². The van der Waals surface area contributed by atoms with Crippen LogP contribution in [0.25, 0.3) is 0 Å². The first-order valence-corrected chi connectivity index (χ1v) is 8.48. The van der Waals surface area contributed by atoms with Gasteiger partial charge in [0.05, 0.1) is 6.61 Å². The summed E-state index contributed by atoms with van der Waals surface area (Å²) in [5, 5.41) is 0. The Morgan fingerprint density at radius 1 is 0.958 bits per heavy atom. The van der Waals surface area contributed by atoms with Crippen LogP contribution in [0.1, 0.15) is 24.5 Å². The zero-order chi connectivity index (χ0) is 16.4. The number of anilines is 2. The van der Waals surface area contributed by atoms with Gasteiger partial charge in [0.15, 0.2) is 0 Å². The molecule has 2 aliphatic heterocycles. The Hall–Kier alpha value is -2.21. The zero-order valence-corrected chi connectivity index (χ0v) is 13.6. The van der Waals surface area contributed by atoms with E-state index in [2.05, 4.69) is 25.8 Å². The molecule has 0 radical (unpaired) electrons. The van der Waals surface area contributed by atoms with Gasteiger partial charge in [-0.15, -0.1) is 0 Å². The predicted molar refractivity (Wildman–Crippen MR) is 90.8 cm³/mol. The molecule has 4 rings (SSSR count). The van der Waals surface area contributed by atoms with Crippen molar-refractivity contribution < 1.29 is 9.13 Å². The number of ether oxygens (including phenoxy) is 1. The highest BCUT2D eigenvalue weighted by Crippen LogP contribution is 2.27. The molecule has 2 aliphatic rings. The van der Waals surface area contributed by atoms with Crippen molar-refractivity contribution in [3.63, 3.8) is 0 Å². The van der Waals surface area contributed by atoms with Crippen LogP contribution >= 0.6 is 0 Å². The standard InChI is InChI=1S/C18H21FN4O/c19-15-5-3-14(4-6-15)16-12-23(9-10-24-16)18-11-17(20-13-21-18)22-7-1-2-8-22/h3-6,11,13,16H,1-2,7-10,12H2. The second-order valence-corrected chi connectivity index (χ2v) is 6.29. The number of halogens is 1. The summed E-state index contributed by atoms with van der Waals surface area (Å²) < 4.78 is 19.0. The molecular weight excluding hydrogens is 307 g/mol. The second-order valence-electron chi connectivity index (χ2n) is 6.29. The summed E-state index contributed by atoms with van der Waals surface area (Å²) in [6, 6.07) is 8.61. The molecule has 0 N–H and O–H groups in total. The van der Waals surface area contributed by atoms with Gasteiger partial charge >= 0.3 is 0 Å². The van der Waals surface area contributed by atoms with E-state index in [1.165, 1.54) is 25.0 Å². The summed E-state index contributed by atoms with van der Waals surface area (Å²) in [4.78, 5) is 13.4. The van der Waals surface area contributed by atoms with Gasteiger partial charge in [0.2, 0.25) is 0 Å². The van der Waals surface area contributed by atoms with Crippen LogP contribution in [0.2, 0.25) is 0 Å². The number of benzene rings is 1. The molecule has 0 bridgehead atoms. The Bertz CT molecular complexity index is 688. The van der Waals surface area contributed by atoms with E-state index in [9.17, 15) is 4.39 Å². The van der Waals surface area contributed by atoms with Crippen molar-refractivity contribution in [2.45, 2.75) is 18.9 Å². The van der Waals surface area contributed by atoms with Crippen molar-refractivity contribution in [1.29, 1.82) is 0 Å². The first kappa shape index (κ1) is 15.3. The van der Waals surface area contributed by atoms with Crippen LogP contribution in [-0.2, 0) is 4.74 Å². The lowest BCUT2D eigenvalue weighted by molar-refractivity contribution is 0.0395. The maximum atomic E-state index is 13.1. The minimum absolute atomic E-state index is 0.0652. The van der Waals surface area contributed by atoms with E-state index in [4.69, 9.17) is 4.74 Å². The maximum Gasteiger partial charge on any atom is 0.134 e. The average Bonchev–Trinajstić information content (AvgIpc) is 3.17. The van der Waals surface area contributed by atoms with Crippen molar-refractivity contribution in [2.75, 3.05) is 42.6 Å². The van der Waals surface area contributed by atoms with Crippen molar-refractivity contribution in [3.05, 3.63) is 48.0 Å². The molecule has 0 aliphatic carbocycles. The second kappa shape index (κ2) is 6.73. The molecule has 1 aromatic carbocycles. The lowest BCUT2D eigenvalue weighted by Crippen LogP contribution is -2.39. The Morgan fingerprint density at radius 3 is 2.42 bits per heavy atom. The Balaban J connectivity index is 1.51. The lowest BCUT2D eigenvalue weighted by Gasteiger charge is -2.34. The Kier molecular flexibility index (Phi) is 4.30. The summed E-state index contributed by atoms with van der Waals surface area (Å²) in [6.07, 6.45) is 4.03. The SMILES string of the molecule is Fc1ccc(C2CN(c3cc(N4CCCC4)ncn3)CCO2)cc1. The van der Waals surface area contributed by atoms with Crippen molar-refractivity contribution in [3.8, 4) is 0 Å². The van der Waals surface area contributed by atoms with Crippen molar-refractivity contribution >= 4 is 11.6 Å². The van der Waals surface area contributed by atoms with E-state index < -0.39 is 0 Å². The third-order valence-corrected chi connectivity index (χ3v) is 4.70. The van der Waals surface area contributed by atoms with E-state index in [0.29, 0.717) is 13.2 Å². The van der Waals surface area contributed by atoms with Gasteiger partial charge in [-0.05, 0) is 30.5 Å². The first-order chi connectivity index (χ1) is 11.8. The molecule has 0 saturated carbocycles. The Labute approximate surface area is 141 Å². The number of hydrogen-bond donors (Lipinski definition) is 0. The largest absolute Gasteiger partial charge is 0.370 e. The summed E-state index contributed by atoms with van der Waals surface area (Å²) in [5.74, 6) is 1.71. The minimum atomic E-state index is -0.225. The zero-order valence-electron chi connectivity index (χ0n) is 13.6. The molecule has 2 aromatic rings. The topological polar surface area (TPSA) is 41.5 Å². The van der Waals surface area contributed by atoms with Crippen LogP contribution < -0.4 is 9.80 Å².